The first-order valence-corrected chi connectivity index (χ1v) is 7.89. The van der Waals surface area contributed by atoms with E-state index in [0.717, 1.165) is 44.6 Å². The molecule has 2 heterocycles. The van der Waals surface area contributed by atoms with Gasteiger partial charge in [-0.2, -0.15) is 0 Å². The zero-order chi connectivity index (χ0) is 14.1. The van der Waals surface area contributed by atoms with E-state index in [1.807, 2.05) is 18.3 Å². The first-order chi connectivity index (χ1) is 9.69. The van der Waals surface area contributed by atoms with Crippen LogP contribution in [0.5, 0.6) is 0 Å². The van der Waals surface area contributed by atoms with Gasteiger partial charge in [-0.3, -0.25) is 4.79 Å². The summed E-state index contributed by atoms with van der Waals surface area (Å²) in [7, 11) is 0. The lowest BCUT2D eigenvalue weighted by Crippen LogP contribution is -2.32. The lowest BCUT2D eigenvalue weighted by atomic mass is 9.79. The second-order valence-electron chi connectivity index (χ2n) is 6.39. The van der Waals surface area contributed by atoms with Gasteiger partial charge in [0.15, 0.2) is 0 Å². The number of nitrogens with zero attached hydrogens (tertiary/aromatic N) is 2. The van der Waals surface area contributed by atoms with Gasteiger partial charge in [-0.25, -0.2) is 0 Å². The Morgan fingerprint density at radius 1 is 1.35 bits per heavy atom. The van der Waals surface area contributed by atoms with Gasteiger partial charge in [0.1, 0.15) is 5.69 Å². The quantitative estimate of drug-likeness (QED) is 0.918. The van der Waals surface area contributed by atoms with Crippen LogP contribution in [0.4, 0.5) is 0 Å². The van der Waals surface area contributed by atoms with Crippen LogP contribution in [0.2, 0.25) is 0 Å². The molecule has 1 amide bonds. The second kappa shape index (κ2) is 5.60. The topological polar surface area (TPSA) is 51.3 Å². The van der Waals surface area contributed by atoms with E-state index in [0.29, 0.717) is 17.9 Å². The highest BCUT2D eigenvalue weighted by Crippen LogP contribution is 2.36. The highest BCUT2D eigenvalue weighted by atomic mass is 16.2. The molecule has 3 rings (SSSR count). The third-order valence-electron chi connectivity index (χ3n) is 4.89. The lowest BCUT2D eigenvalue weighted by molar-refractivity contribution is 0.0773. The van der Waals surface area contributed by atoms with Crippen molar-refractivity contribution in [1.82, 2.24) is 9.47 Å². The number of nitrogens with two attached hydrogens (primary N) is 1. The molecular weight excluding hydrogens is 250 g/mol. The summed E-state index contributed by atoms with van der Waals surface area (Å²) in [5.74, 6) is 1.50. The zero-order valence-electron chi connectivity index (χ0n) is 12.3. The van der Waals surface area contributed by atoms with Crippen LogP contribution in [0.3, 0.4) is 0 Å². The van der Waals surface area contributed by atoms with Crippen molar-refractivity contribution in [3.05, 3.63) is 24.0 Å². The number of aryl methyl sites for hydroxylation is 1. The Morgan fingerprint density at radius 2 is 2.15 bits per heavy atom. The minimum atomic E-state index is 0.200. The molecule has 3 atom stereocenters. The van der Waals surface area contributed by atoms with E-state index in [1.165, 1.54) is 6.42 Å². The van der Waals surface area contributed by atoms with Crippen molar-refractivity contribution < 1.29 is 4.79 Å². The molecule has 0 bridgehead atoms. The standard InChI is InChI=1S/C16H25N3O/c1-2-7-18-8-3-4-15(18)16(20)19-10-12-5-6-14(17)9-13(12)11-19/h3-4,8,12-14H,2,5-7,9-11,17H2,1H3/t12-,13+,14?/m1/s1. The fourth-order valence-electron chi connectivity index (χ4n) is 3.84. The highest BCUT2D eigenvalue weighted by Gasteiger charge is 2.39. The summed E-state index contributed by atoms with van der Waals surface area (Å²) in [5.41, 5.74) is 6.91. The van der Waals surface area contributed by atoms with E-state index in [-0.39, 0.29) is 5.91 Å². The van der Waals surface area contributed by atoms with Gasteiger partial charge in [-0.1, -0.05) is 6.92 Å². The van der Waals surface area contributed by atoms with E-state index in [9.17, 15) is 4.79 Å². The first-order valence-electron chi connectivity index (χ1n) is 7.89. The summed E-state index contributed by atoms with van der Waals surface area (Å²) >= 11 is 0. The van der Waals surface area contributed by atoms with Crippen LogP contribution in [-0.2, 0) is 6.54 Å². The number of rotatable bonds is 3. The molecule has 2 fully saturated rings. The fourth-order valence-corrected chi connectivity index (χ4v) is 3.84. The fraction of sp³-hybridized carbons (Fsp3) is 0.688. The maximum atomic E-state index is 12.7. The molecule has 0 spiro atoms. The molecule has 1 saturated carbocycles. The van der Waals surface area contributed by atoms with Gasteiger partial charge in [0.25, 0.3) is 5.91 Å². The van der Waals surface area contributed by atoms with Crippen molar-refractivity contribution in [2.45, 2.75) is 45.2 Å². The molecule has 1 aliphatic heterocycles. The van der Waals surface area contributed by atoms with E-state index < -0.39 is 0 Å². The Morgan fingerprint density at radius 3 is 2.95 bits per heavy atom. The number of likely N-dealkylation sites (tertiary alicyclic amines) is 1. The van der Waals surface area contributed by atoms with Crippen LogP contribution in [0, 0.1) is 11.8 Å². The number of fused-ring (bicyclic) bond motifs is 1. The smallest absolute Gasteiger partial charge is 0.270 e. The maximum Gasteiger partial charge on any atom is 0.270 e. The monoisotopic (exact) mass is 275 g/mol. The van der Waals surface area contributed by atoms with Crippen molar-refractivity contribution >= 4 is 5.91 Å². The van der Waals surface area contributed by atoms with Crippen LogP contribution in [-0.4, -0.2) is 34.5 Å². The van der Waals surface area contributed by atoms with Crippen LogP contribution in [0.1, 0.15) is 43.1 Å². The molecule has 1 aromatic heterocycles. The summed E-state index contributed by atoms with van der Waals surface area (Å²) in [6.45, 7) is 4.88. The Bertz CT molecular complexity index is 482. The maximum absolute atomic E-state index is 12.7. The minimum absolute atomic E-state index is 0.200. The van der Waals surface area contributed by atoms with Crippen molar-refractivity contribution in [3.8, 4) is 0 Å². The summed E-state index contributed by atoms with van der Waals surface area (Å²) in [5, 5.41) is 0. The number of carbonyl (C=O) groups is 1. The summed E-state index contributed by atoms with van der Waals surface area (Å²) in [6.07, 6.45) is 6.45. The molecule has 1 aromatic rings. The highest BCUT2D eigenvalue weighted by molar-refractivity contribution is 5.93. The lowest BCUT2D eigenvalue weighted by Gasteiger charge is -2.27. The third kappa shape index (κ3) is 2.49. The van der Waals surface area contributed by atoms with Gasteiger partial charge < -0.3 is 15.2 Å². The van der Waals surface area contributed by atoms with Crippen molar-refractivity contribution in [3.63, 3.8) is 0 Å². The number of amides is 1. The molecule has 4 nitrogen and oxygen atoms in total. The molecule has 2 N–H and O–H groups in total. The molecule has 20 heavy (non-hydrogen) atoms. The van der Waals surface area contributed by atoms with Crippen LogP contribution >= 0.6 is 0 Å². The number of aromatic nitrogens is 1. The zero-order valence-corrected chi connectivity index (χ0v) is 12.3. The summed E-state index contributed by atoms with van der Waals surface area (Å²) in [4.78, 5) is 14.8. The van der Waals surface area contributed by atoms with Gasteiger partial charge >= 0.3 is 0 Å². The minimum Gasteiger partial charge on any atom is -0.344 e. The largest absolute Gasteiger partial charge is 0.344 e. The average molecular weight is 275 g/mol. The van der Waals surface area contributed by atoms with Gasteiger partial charge in [0.2, 0.25) is 0 Å². The number of hydrogen-bond acceptors (Lipinski definition) is 2. The molecule has 1 saturated heterocycles. The molecule has 4 heteroatoms. The van der Waals surface area contributed by atoms with Crippen molar-refractivity contribution in [2.24, 2.45) is 17.6 Å². The normalized spacial score (nSPS) is 29.5. The third-order valence-corrected chi connectivity index (χ3v) is 4.89. The van der Waals surface area contributed by atoms with E-state index in [2.05, 4.69) is 16.4 Å². The second-order valence-corrected chi connectivity index (χ2v) is 6.39. The molecule has 2 aliphatic rings. The van der Waals surface area contributed by atoms with E-state index in [4.69, 9.17) is 5.73 Å². The molecule has 1 unspecified atom stereocenters. The first kappa shape index (κ1) is 13.7. The molecule has 110 valence electrons. The van der Waals surface area contributed by atoms with Gasteiger partial charge in [0, 0.05) is 31.9 Å². The molecule has 1 aliphatic carbocycles. The molecule has 0 radical (unpaired) electrons. The van der Waals surface area contributed by atoms with Crippen LogP contribution < -0.4 is 5.73 Å². The molecular formula is C16H25N3O. The predicted molar refractivity (Wildman–Crippen MR) is 79.4 cm³/mol. The number of hydrogen-bond donors (Lipinski definition) is 1. The van der Waals surface area contributed by atoms with Crippen LogP contribution in [0.15, 0.2) is 18.3 Å². The van der Waals surface area contributed by atoms with Crippen LogP contribution in [0.25, 0.3) is 0 Å². The van der Waals surface area contributed by atoms with Gasteiger partial charge in [0.05, 0.1) is 0 Å². The predicted octanol–water partition coefficient (Wildman–Crippen LogP) is 2.10. The van der Waals surface area contributed by atoms with Crippen molar-refractivity contribution in [1.29, 1.82) is 0 Å². The Balaban J connectivity index is 1.70. The van der Waals surface area contributed by atoms with Crippen molar-refractivity contribution in [2.75, 3.05) is 13.1 Å². The summed E-state index contributed by atoms with van der Waals surface area (Å²) in [6, 6.07) is 4.27. The number of carbonyl (C=O) groups excluding carboxylic acids is 1. The van der Waals surface area contributed by atoms with Gasteiger partial charge in [-0.15, -0.1) is 0 Å². The van der Waals surface area contributed by atoms with E-state index >= 15 is 0 Å². The summed E-state index contributed by atoms with van der Waals surface area (Å²) < 4.78 is 2.08. The molecule has 0 aromatic carbocycles. The SMILES string of the molecule is CCCn1cccc1C(=O)N1C[C@H]2CCC(N)C[C@H]2C1. The Hall–Kier alpha value is -1.29. The Kier molecular flexibility index (Phi) is 3.83. The van der Waals surface area contributed by atoms with E-state index in [1.54, 1.807) is 0 Å². The van der Waals surface area contributed by atoms with Gasteiger partial charge in [-0.05, 0) is 49.7 Å². The average Bonchev–Trinajstić information content (AvgIpc) is 3.04. The Labute approximate surface area is 120 Å².